The number of rotatable bonds is 4. The Kier molecular flexibility index (Phi) is 3.94. The van der Waals surface area contributed by atoms with Crippen molar-refractivity contribution in [3.63, 3.8) is 0 Å². The van der Waals surface area contributed by atoms with E-state index in [2.05, 4.69) is 20.6 Å². The van der Waals surface area contributed by atoms with Gasteiger partial charge in [-0.05, 0) is 30.3 Å². The molecule has 0 spiro atoms. The highest BCUT2D eigenvalue weighted by Crippen LogP contribution is 2.33. The Balaban J connectivity index is 1.40. The number of ether oxygens (including phenoxy) is 2. The predicted octanol–water partition coefficient (Wildman–Crippen LogP) is 3.40. The first-order chi connectivity index (χ1) is 13.7. The first-order valence-corrected chi connectivity index (χ1v) is 9.55. The fourth-order valence-corrected chi connectivity index (χ4v) is 3.82. The lowest BCUT2D eigenvalue weighted by molar-refractivity contribution is 0.102. The molecule has 0 fully saturated rings. The maximum atomic E-state index is 12.6. The zero-order valence-corrected chi connectivity index (χ0v) is 15.7. The van der Waals surface area contributed by atoms with Crippen LogP contribution in [-0.4, -0.2) is 32.5 Å². The van der Waals surface area contributed by atoms with Crippen LogP contribution in [0.5, 0.6) is 11.5 Å². The van der Waals surface area contributed by atoms with Crippen molar-refractivity contribution in [3.8, 4) is 22.1 Å². The first-order valence-electron chi connectivity index (χ1n) is 8.74. The van der Waals surface area contributed by atoms with Crippen molar-refractivity contribution in [2.24, 2.45) is 0 Å². The van der Waals surface area contributed by atoms with Crippen LogP contribution in [-0.2, 0) is 6.42 Å². The molecule has 0 saturated heterocycles. The Bertz CT molecular complexity index is 1200. The van der Waals surface area contributed by atoms with Crippen LogP contribution in [0.1, 0.15) is 23.1 Å². The van der Waals surface area contributed by atoms with Crippen molar-refractivity contribution in [1.29, 1.82) is 0 Å². The fraction of sp³-hybridized carbons (Fsp3) is 0.158. The topological polar surface area (TPSA) is 90.6 Å². The summed E-state index contributed by atoms with van der Waals surface area (Å²) in [6.45, 7) is 2.19. The summed E-state index contributed by atoms with van der Waals surface area (Å²) in [6.07, 6.45) is 0.760. The van der Waals surface area contributed by atoms with Gasteiger partial charge in [-0.25, -0.2) is 0 Å². The molecule has 0 atom stereocenters. The molecule has 28 heavy (non-hydrogen) atoms. The third-order valence-electron chi connectivity index (χ3n) is 4.37. The highest BCUT2D eigenvalue weighted by molar-refractivity contribution is 7.19. The van der Waals surface area contributed by atoms with E-state index in [0.29, 0.717) is 22.7 Å². The van der Waals surface area contributed by atoms with Crippen LogP contribution in [0, 0.1) is 0 Å². The number of hydrogen-bond acceptors (Lipinski definition) is 7. The van der Waals surface area contributed by atoms with Crippen LogP contribution in [0.3, 0.4) is 0 Å². The van der Waals surface area contributed by atoms with Crippen molar-refractivity contribution in [2.75, 3.05) is 12.1 Å². The van der Waals surface area contributed by atoms with Crippen molar-refractivity contribution in [3.05, 3.63) is 53.9 Å². The van der Waals surface area contributed by atoms with E-state index in [0.717, 1.165) is 27.8 Å². The normalized spacial score (nSPS) is 12.5. The lowest BCUT2D eigenvalue weighted by Crippen LogP contribution is -2.11. The molecule has 0 aliphatic carbocycles. The number of aromatic nitrogens is 4. The number of anilines is 1. The molecule has 0 bridgehead atoms. The highest BCUT2D eigenvalue weighted by Gasteiger charge is 2.17. The van der Waals surface area contributed by atoms with E-state index in [1.807, 2.05) is 31.2 Å². The minimum Gasteiger partial charge on any atom is -0.454 e. The molecule has 0 saturated carbocycles. The lowest BCUT2D eigenvalue weighted by Gasteiger charge is -2.07. The number of nitrogens with zero attached hydrogens (tertiary/aromatic N) is 4. The number of carbonyl (C=O) groups excluding carboxylic acids is 1. The minimum absolute atomic E-state index is 0.176. The van der Waals surface area contributed by atoms with E-state index in [-0.39, 0.29) is 12.7 Å². The molecule has 0 radical (unpaired) electrons. The third-order valence-corrected chi connectivity index (χ3v) is 5.32. The smallest absolute Gasteiger partial charge is 0.255 e. The van der Waals surface area contributed by atoms with E-state index >= 15 is 0 Å². The quantitative estimate of drug-likeness (QED) is 0.571. The minimum atomic E-state index is -0.220. The summed E-state index contributed by atoms with van der Waals surface area (Å²) < 4.78 is 12.4. The maximum absolute atomic E-state index is 12.6. The van der Waals surface area contributed by atoms with Gasteiger partial charge < -0.3 is 14.8 Å². The van der Waals surface area contributed by atoms with Crippen molar-refractivity contribution >= 4 is 27.9 Å². The van der Waals surface area contributed by atoms with E-state index < -0.39 is 0 Å². The van der Waals surface area contributed by atoms with Gasteiger partial charge in [0.05, 0.1) is 0 Å². The molecule has 1 N–H and O–H groups in total. The Morgan fingerprint density at radius 3 is 2.96 bits per heavy atom. The summed E-state index contributed by atoms with van der Waals surface area (Å²) in [4.78, 5) is 13.4. The van der Waals surface area contributed by atoms with Gasteiger partial charge in [-0.1, -0.05) is 30.4 Å². The van der Waals surface area contributed by atoms with Gasteiger partial charge in [0.25, 0.3) is 5.91 Å². The molecule has 0 unspecified atom stereocenters. The first kappa shape index (κ1) is 16.7. The average Bonchev–Trinajstić information content (AvgIpc) is 3.42. The maximum Gasteiger partial charge on any atom is 0.255 e. The summed E-state index contributed by atoms with van der Waals surface area (Å²) >= 11 is 1.46. The number of fused-ring (bicyclic) bond motifs is 2. The van der Waals surface area contributed by atoms with Crippen LogP contribution in [0.25, 0.3) is 15.5 Å². The van der Waals surface area contributed by atoms with Gasteiger partial charge in [-0.3, -0.25) is 4.79 Å². The monoisotopic (exact) mass is 393 g/mol. The molecule has 1 aliphatic heterocycles. The zero-order valence-electron chi connectivity index (χ0n) is 14.9. The molecular weight excluding hydrogens is 378 g/mol. The molecule has 4 aromatic rings. The van der Waals surface area contributed by atoms with Gasteiger partial charge in [0.15, 0.2) is 17.3 Å². The molecule has 1 aliphatic rings. The van der Waals surface area contributed by atoms with Crippen LogP contribution < -0.4 is 14.8 Å². The van der Waals surface area contributed by atoms with Crippen LogP contribution in [0.15, 0.2) is 42.5 Å². The molecular formula is C19H15N5O3S. The standard InChI is InChI=1S/C19H15N5O3S/c1-2-16-21-22-19-24(16)23-18(28-19)12-4-3-5-13(8-12)20-17(25)11-6-7-14-15(9-11)27-10-26-14/h3-9H,2,10H2,1H3,(H,20,25). The fourth-order valence-electron chi connectivity index (χ4n) is 2.97. The number of aryl methyl sites for hydroxylation is 1. The summed E-state index contributed by atoms with van der Waals surface area (Å²) in [5, 5.41) is 16.6. The number of carbonyl (C=O) groups is 1. The highest BCUT2D eigenvalue weighted by atomic mass is 32.1. The van der Waals surface area contributed by atoms with Crippen LogP contribution >= 0.6 is 11.3 Å². The van der Waals surface area contributed by atoms with E-state index in [9.17, 15) is 4.79 Å². The summed E-state index contributed by atoms with van der Waals surface area (Å²) in [5.41, 5.74) is 2.09. The van der Waals surface area contributed by atoms with E-state index in [4.69, 9.17) is 9.47 Å². The van der Waals surface area contributed by atoms with Gasteiger partial charge in [0.1, 0.15) is 5.01 Å². The molecule has 140 valence electrons. The molecule has 2 aromatic heterocycles. The number of benzene rings is 2. The van der Waals surface area contributed by atoms with Gasteiger partial charge in [0, 0.05) is 23.2 Å². The Morgan fingerprint density at radius 1 is 1.18 bits per heavy atom. The lowest BCUT2D eigenvalue weighted by atomic mass is 10.1. The van der Waals surface area contributed by atoms with Gasteiger partial charge >= 0.3 is 0 Å². The Labute approximate surface area is 163 Å². The second kappa shape index (κ2) is 6.61. The molecule has 9 heteroatoms. The third kappa shape index (κ3) is 2.85. The Morgan fingerprint density at radius 2 is 2.07 bits per heavy atom. The summed E-state index contributed by atoms with van der Waals surface area (Å²) in [5.74, 6) is 1.83. The number of hydrogen-bond donors (Lipinski definition) is 1. The second-order valence-corrected chi connectivity index (χ2v) is 7.13. The van der Waals surface area contributed by atoms with Gasteiger partial charge in [-0.2, -0.15) is 9.61 Å². The largest absolute Gasteiger partial charge is 0.454 e. The number of nitrogens with one attached hydrogen (secondary N) is 1. The predicted molar refractivity (Wildman–Crippen MR) is 104 cm³/mol. The molecule has 5 rings (SSSR count). The second-order valence-electron chi connectivity index (χ2n) is 6.17. The van der Waals surface area contributed by atoms with Crippen molar-refractivity contribution in [2.45, 2.75) is 13.3 Å². The van der Waals surface area contributed by atoms with Gasteiger partial charge in [0.2, 0.25) is 11.8 Å². The van der Waals surface area contributed by atoms with Crippen molar-refractivity contribution in [1.82, 2.24) is 19.8 Å². The van der Waals surface area contributed by atoms with E-state index in [1.165, 1.54) is 11.3 Å². The van der Waals surface area contributed by atoms with Crippen LogP contribution in [0.4, 0.5) is 5.69 Å². The van der Waals surface area contributed by atoms with E-state index in [1.54, 1.807) is 22.7 Å². The summed E-state index contributed by atoms with van der Waals surface area (Å²) in [6, 6.07) is 12.7. The van der Waals surface area contributed by atoms with Crippen LogP contribution in [0.2, 0.25) is 0 Å². The van der Waals surface area contributed by atoms with Crippen molar-refractivity contribution < 1.29 is 14.3 Å². The molecule has 2 aromatic carbocycles. The SMILES string of the molecule is CCc1nnc2sc(-c3cccc(NC(=O)c4ccc5c(c4)OCO5)c3)nn12. The molecule has 3 heterocycles. The average molecular weight is 393 g/mol. The Hall–Kier alpha value is -3.46. The number of amides is 1. The van der Waals surface area contributed by atoms with Gasteiger partial charge in [-0.15, -0.1) is 10.2 Å². The summed E-state index contributed by atoms with van der Waals surface area (Å²) in [7, 11) is 0. The molecule has 1 amide bonds. The molecule has 8 nitrogen and oxygen atoms in total. The zero-order chi connectivity index (χ0) is 19.1.